The Morgan fingerprint density at radius 3 is 2.42 bits per heavy atom. The van der Waals surface area contributed by atoms with E-state index >= 15 is 0 Å². The van der Waals surface area contributed by atoms with E-state index in [1.807, 2.05) is 71.6 Å². The van der Waals surface area contributed by atoms with Crippen LogP contribution in [0.15, 0.2) is 108 Å². The second kappa shape index (κ2) is 20.7. The van der Waals surface area contributed by atoms with Gasteiger partial charge in [-0.1, -0.05) is 79.9 Å². The van der Waals surface area contributed by atoms with Gasteiger partial charge < -0.3 is 44.9 Å². The van der Waals surface area contributed by atoms with Crippen LogP contribution in [-0.4, -0.2) is 101 Å². The van der Waals surface area contributed by atoms with Gasteiger partial charge in [-0.3, -0.25) is 14.5 Å². The molecule has 3 unspecified atom stereocenters. The first-order valence-electron chi connectivity index (χ1n) is 23.9. The number of amides is 2. The molecule has 2 amide bonds. The largest absolute Gasteiger partial charge is 0.506 e. The fourth-order valence-corrected chi connectivity index (χ4v) is 10.7. The molecule has 5 aromatic rings. The molecule has 10 rings (SSSR count). The van der Waals surface area contributed by atoms with Crippen molar-refractivity contribution in [2.45, 2.75) is 75.7 Å². The Morgan fingerprint density at radius 2 is 1.66 bits per heavy atom. The highest BCUT2D eigenvalue weighted by atomic mass is 16.6. The number of phenolic OH excluding ortho intramolecular Hbond substituents is 1. The fraction of sp³-hybridized carbons (Fsp3) is 0.434. The molecule has 2 saturated carbocycles. The summed E-state index contributed by atoms with van der Waals surface area (Å²) in [5.41, 5.74) is 3.30. The van der Waals surface area contributed by atoms with Crippen LogP contribution >= 0.6 is 0 Å². The molecule has 5 fully saturated rings. The number of aromatic hydroxyl groups is 1. The van der Waals surface area contributed by atoms with Gasteiger partial charge in [0.05, 0.1) is 29.8 Å². The molecule has 67 heavy (non-hydrogen) atoms. The number of phenols is 1. The molecule has 0 radical (unpaired) electrons. The van der Waals surface area contributed by atoms with Crippen LogP contribution < -0.4 is 20.9 Å². The molecule has 4 aromatic carbocycles. The summed E-state index contributed by atoms with van der Waals surface area (Å²) in [6, 6.07) is 30.3. The van der Waals surface area contributed by atoms with Crippen LogP contribution in [0.3, 0.4) is 0 Å². The third-order valence-corrected chi connectivity index (χ3v) is 14.2. The second-order valence-corrected chi connectivity index (χ2v) is 18.6. The topological polar surface area (TPSA) is 183 Å². The molecule has 5 aliphatic rings. The quantitative estimate of drug-likeness (QED) is 0.0401. The average Bonchev–Trinajstić information content (AvgIpc) is 3.85. The number of hydrogen-bond donors (Lipinski definition) is 5. The van der Waals surface area contributed by atoms with E-state index in [4.69, 9.17) is 14.2 Å². The third-order valence-electron chi connectivity index (χ3n) is 14.2. The molecular weight excluding hydrogens is 851 g/mol. The predicted molar refractivity (Wildman–Crippen MR) is 253 cm³/mol. The van der Waals surface area contributed by atoms with E-state index in [0.29, 0.717) is 66.6 Å². The van der Waals surface area contributed by atoms with Crippen LogP contribution in [0.4, 0.5) is 4.79 Å². The number of benzene rings is 4. The number of aliphatic hydroxyl groups excluding tert-OH is 1. The lowest BCUT2D eigenvalue weighted by atomic mass is 9.88. The number of carbonyl (C=O) groups is 3. The van der Waals surface area contributed by atoms with Crippen molar-refractivity contribution < 1.29 is 38.8 Å². The summed E-state index contributed by atoms with van der Waals surface area (Å²) < 4.78 is 18.0. The van der Waals surface area contributed by atoms with Gasteiger partial charge in [0.1, 0.15) is 23.7 Å². The first-order valence-corrected chi connectivity index (χ1v) is 23.9. The SMILES string of the molecule is O=C(N[C@@H](c1ccccc1)c1cccc(OCc2ccc(C(=O)OCCCN(CCCNC[C@H](O)c3ccc(O)c4[nH]c(=O)ccc34)C(=O)C3CCCCC3)cc2)c1)O[C@]12CN3CCC1C2C3. The van der Waals surface area contributed by atoms with Crippen molar-refractivity contribution >= 4 is 28.9 Å². The molecular formula is C53H61N5O9. The maximum atomic E-state index is 13.7. The van der Waals surface area contributed by atoms with Crippen molar-refractivity contribution in [1.29, 1.82) is 0 Å². The van der Waals surface area contributed by atoms with Crippen molar-refractivity contribution in [3.8, 4) is 11.5 Å². The summed E-state index contributed by atoms with van der Waals surface area (Å²) in [5.74, 6) is 1.22. The summed E-state index contributed by atoms with van der Waals surface area (Å²) in [6.45, 7) is 5.18. The number of nitrogens with one attached hydrogen (secondary N) is 3. The molecule has 14 nitrogen and oxygen atoms in total. The number of carbonyl (C=O) groups excluding carboxylic acids is 3. The van der Waals surface area contributed by atoms with Crippen molar-refractivity contribution in [3.63, 3.8) is 0 Å². The Balaban J connectivity index is 0.732. The first-order chi connectivity index (χ1) is 32.6. The van der Waals surface area contributed by atoms with Gasteiger partial charge in [-0.05, 0) is 104 Å². The minimum Gasteiger partial charge on any atom is -0.506 e. The zero-order valence-corrected chi connectivity index (χ0v) is 37.9. The molecule has 6 atom stereocenters. The molecule has 3 saturated heterocycles. The normalized spacial score (nSPS) is 21.5. The molecule has 0 spiro atoms. The number of nitrogens with zero attached hydrogens (tertiary/aromatic N) is 2. The van der Waals surface area contributed by atoms with Crippen LogP contribution in [0.25, 0.3) is 10.9 Å². The first kappa shape index (κ1) is 45.9. The summed E-state index contributed by atoms with van der Waals surface area (Å²) in [5, 5.41) is 28.2. The van der Waals surface area contributed by atoms with Gasteiger partial charge >= 0.3 is 12.1 Å². The molecule has 4 bridgehead atoms. The Morgan fingerprint density at radius 1 is 0.866 bits per heavy atom. The van der Waals surface area contributed by atoms with Crippen molar-refractivity contribution in [3.05, 3.63) is 141 Å². The highest BCUT2D eigenvalue weighted by Gasteiger charge is 2.74. The number of aromatic amines is 1. The van der Waals surface area contributed by atoms with Gasteiger partial charge in [-0.15, -0.1) is 0 Å². The standard InChI is InChI=1S/C53H61N5O9/c59-45-22-20-41(42-21-23-47(61)55-49(42)45)46(60)31-54-25-8-26-58(50(62)37-12-5-2-6-13-37)27-9-29-65-51(63)38-18-16-35(17-19-38)33-66-40-15-7-14-39(30-40)48(36-10-3-1-4-11-36)56-52(64)67-53-34-57-28-24-43(53)44(53)32-57/h1,3-4,7,10-11,14-23,30,37,43-44,46,48,54,59-60H,2,5-6,8-9,12-13,24-29,31-34H2,(H,55,61)(H,56,64)/t43?,44?,46-,48-,53+/m0/s1. The zero-order valence-electron chi connectivity index (χ0n) is 37.9. The van der Waals surface area contributed by atoms with E-state index < -0.39 is 24.2 Å². The lowest BCUT2D eigenvalue weighted by Gasteiger charge is -2.29. The Bertz CT molecular complexity index is 2580. The minimum absolute atomic E-state index is 0.00527. The number of esters is 1. The van der Waals surface area contributed by atoms with Crippen molar-refractivity contribution in [2.75, 3.05) is 52.4 Å². The van der Waals surface area contributed by atoms with Gasteiger partial charge in [0.2, 0.25) is 11.5 Å². The molecule has 3 aliphatic heterocycles. The monoisotopic (exact) mass is 911 g/mol. The number of hydrogen-bond acceptors (Lipinski definition) is 11. The van der Waals surface area contributed by atoms with Crippen LogP contribution in [0.2, 0.25) is 0 Å². The molecule has 1 aromatic heterocycles. The highest BCUT2D eigenvalue weighted by molar-refractivity contribution is 5.89. The van der Waals surface area contributed by atoms with E-state index in [1.54, 1.807) is 24.3 Å². The number of ether oxygens (including phenoxy) is 3. The Labute approximate surface area is 390 Å². The number of H-pyrrole nitrogens is 1. The Hall–Kier alpha value is -6.22. The van der Waals surface area contributed by atoms with E-state index in [9.17, 15) is 29.4 Å². The van der Waals surface area contributed by atoms with E-state index in [0.717, 1.165) is 74.8 Å². The molecule has 2 aliphatic carbocycles. The van der Waals surface area contributed by atoms with Gasteiger partial charge in [0.25, 0.3) is 0 Å². The van der Waals surface area contributed by atoms with Gasteiger partial charge in [0, 0.05) is 61.9 Å². The van der Waals surface area contributed by atoms with Crippen LogP contribution in [-0.2, 0) is 20.9 Å². The smallest absolute Gasteiger partial charge is 0.408 e. The summed E-state index contributed by atoms with van der Waals surface area (Å²) in [4.78, 5) is 58.9. The number of aromatic nitrogens is 1. The predicted octanol–water partition coefficient (Wildman–Crippen LogP) is 7.00. The van der Waals surface area contributed by atoms with Crippen molar-refractivity contribution in [1.82, 2.24) is 25.4 Å². The van der Waals surface area contributed by atoms with E-state index in [2.05, 4.69) is 20.5 Å². The van der Waals surface area contributed by atoms with Crippen molar-refractivity contribution in [2.24, 2.45) is 17.8 Å². The van der Waals surface area contributed by atoms with Gasteiger partial charge in [0.15, 0.2) is 0 Å². The fourth-order valence-electron chi connectivity index (χ4n) is 10.7. The molecule has 5 N–H and O–H groups in total. The maximum absolute atomic E-state index is 13.7. The molecule has 4 heterocycles. The molecule has 352 valence electrons. The average molecular weight is 912 g/mol. The highest BCUT2D eigenvalue weighted by Crippen LogP contribution is 2.63. The summed E-state index contributed by atoms with van der Waals surface area (Å²) >= 11 is 0. The zero-order chi connectivity index (χ0) is 46.3. The number of rotatable bonds is 20. The lowest BCUT2D eigenvalue weighted by molar-refractivity contribution is -0.136. The van der Waals surface area contributed by atoms with Gasteiger partial charge in [-0.2, -0.15) is 0 Å². The minimum atomic E-state index is -0.876. The van der Waals surface area contributed by atoms with Gasteiger partial charge in [-0.25, -0.2) is 9.59 Å². The number of alkyl carbamates (subject to hydrolysis) is 1. The third kappa shape index (κ3) is 10.7. The number of piperidine rings is 3. The van der Waals surface area contributed by atoms with Crippen LogP contribution in [0, 0.1) is 17.8 Å². The van der Waals surface area contributed by atoms with E-state index in [1.165, 1.54) is 12.1 Å². The molecule has 14 heteroatoms. The number of aliphatic hydroxyl groups is 1. The number of fused-ring (bicyclic) bond motifs is 2. The second-order valence-electron chi connectivity index (χ2n) is 18.6. The number of pyridine rings is 1. The summed E-state index contributed by atoms with van der Waals surface area (Å²) in [6.07, 6.45) is 5.99. The van der Waals surface area contributed by atoms with Crippen LogP contribution in [0.5, 0.6) is 11.5 Å². The van der Waals surface area contributed by atoms with Crippen LogP contribution in [0.1, 0.15) is 96.1 Å². The maximum Gasteiger partial charge on any atom is 0.408 e. The lowest BCUT2D eigenvalue weighted by Crippen LogP contribution is -2.42. The summed E-state index contributed by atoms with van der Waals surface area (Å²) in [7, 11) is 0. The van der Waals surface area contributed by atoms with E-state index in [-0.39, 0.29) is 54.0 Å². The Kier molecular flexibility index (Phi) is 14.2.